The third-order valence-electron chi connectivity index (χ3n) is 6.63. The van der Waals surface area contributed by atoms with E-state index in [1.54, 1.807) is 6.92 Å². The number of rotatable bonds is 5. The van der Waals surface area contributed by atoms with Crippen molar-refractivity contribution in [2.45, 2.75) is 45.1 Å². The van der Waals surface area contributed by atoms with Crippen LogP contribution < -0.4 is 0 Å². The van der Waals surface area contributed by atoms with Gasteiger partial charge in [0.1, 0.15) is 0 Å². The van der Waals surface area contributed by atoms with Crippen LogP contribution >= 0.6 is 0 Å². The number of nitrogens with zero attached hydrogens (tertiary/aromatic N) is 3. The normalized spacial score (nSPS) is 27.5. The van der Waals surface area contributed by atoms with Crippen LogP contribution in [0.5, 0.6) is 0 Å². The van der Waals surface area contributed by atoms with Crippen molar-refractivity contribution >= 4 is 5.91 Å². The highest BCUT2D eigenvalue weighted by atomic mass is 16.2. The lowest BCUT2D eigenvalue weighted by Gasteiger charge is -2.41. The Bertz CT molecular complexity index is 594. The van der Waals surface area contributed by atoms with Gasteiger partial charge in [0.05, 0.1) is 0 Å². The quantitative estimate of drug-likeness (QED) is 0.812. The smallest absolute Gasteiger partial charge is 0.219 e. The van der Waals surface area contributed by atoms with Crippen LogP contribution in [0, 0.1) is 5.92 Å². The molecule has 3 fully saturated rings. The van der Waals surface area contributed by atoms with Crippen molar-refractivity contribution in [1.29, 1.82) is 0 Å². The highest BCUT2D eigenvalue weighted by Gasteiger charge is 2.32. The minimum atomic E-state index is 0.224. The molecule has 0 unspecified atom stereocenters. The fourth-order valence-corrected chi connectivity index (χ4v) is 4.86. The van der Waals surface area contributed by atoms with Crippen LogP contribution in [-0.2, 0) is 11.3 Å². The lowest BCUT2D eigenvalue weighted by molar-refractivity contribution is -0.130. The van der Waals surface area contributed by atoms with Crippen LogP contribution in [0.15, 0.2) is 24.3 Å². The summed E-state index contributed by atoms with van der Waals surface area (Å²) in [5.41, 5.74) is 3.00. The van der Waals surface area contributed by atoms with E-state index >= 15 is 0 Å². The summed E-state index contributed by atoms with van der Waals surface area (Å²) < 4.78 is 0. The second-order valence-electron chi connectivity index (χ2n) is 8.57. The molecule has 1 aromatic rings. The molecule has 1 saturated carbocycles. The Hall–Kier alpha value is -1.39. The lowest BCUT2D eigenvalue weighted by Crippen LogP contribution is -2.50. The highest BCUT2D eigenvalue weighted by Crippen LogP contribution is 2.42. The van der Waals surface area contributed by atoms with Crippen molar-refractivity contribution < 1.29 is 4.79 Å². The molecule has 4 rings (SSSR count). The van der Waals surface area contributed by atoms with Crippen LogP contribution in [0.2, 0.25) is 0 Å². The van der Waals surface area contributed by atoms with Crippen molar-refractivity contribution in [2.24, 2.45) is 5.92 Å². The van der Waals surface area contributed by atoms with Gasteiger partial charge < -0.3 is 4.90 Å². The van der Waals surface area contributed by atoms with E-state index in [1.807, 2.05) is 4.90 Å². The molecule has 2 saturated heterocycles. The first-order valence-corrected chi connectivity index (χ1v) is 10.5. The van der Waals surface area contributed by atoms with E-state index in [9.17, 15) is 4.79 Å². The number of benzene rings is 1. The van der Waals surface area contributed by atoms with Gasteiger partial charge in [-0.3, -0.25) is 14.6 Å². The van der Waals surface area contributed by atoms with Gasteiger partial charge in [0.2, 0.25) is 5.91 Å². The molecule has 1 aromatic carbocycles. The number of piperazine rings is 1. The minimum absolute atomic E-state index is 0.224. The van der Waals surface area contributed by atoms with Crippen molar-refractivity contribution in [2.75, 3.05) is 45.8 Å². The molecule has 1 aliphatic carbocycles. The molecular weight excluding hydrogens is 322 g/mol. The van der Waals surface area contributed by atoms with E-state index in [0.717, 1.165) is 44.6 Å². The summed E-state index contributed by atoms with van der Waals surface area (Å²) in [6.07, 6.45) is 5.40. The molecule has 0 aromatic heterocycles. The van der Waals surface area contributed by atoms with Gasteiger partial charge in [-0.2, -0.15) is 0 Å². The van der Waals surface area contributed by atoms with Gasteiger partial charge in [0, 0.05) is 46.2 Å². The number of hydrogen-bond acceptors (Lipinski definition) is 3. The van der Waals surface area contributed by atoms with Crippen molar-refractivity contribution in [3.63, 3.8) is 0 Å². The Kier molecular flexibility index (Phi) is 5.60. The maximum absolute atomic E-state index is 11.4. The number of likely N-dealkylation sites (tertiary alicyclic amines) is 1. The Morgan fingerprint density at radius 2 is 1.58 bits per heavy atom. The van der Waals surface area contributed by atoms with E-state index in [0.29, 0.717) is 0 Å². The van der Waals surface area contributed by atoms with E-state index in [-0.39, 0.29) is 5.91 Å². The molecule has 2 heterocycles. The summed E-state index contributed by atoms with van der Waals surface area (Å²) in [7, 11) is 0. The predicted molar refractivity (Wildman–Crippen MR) is 105 cm³/mol. The van der Waals surface area contributed by atoms with Gasteiger partial charge in [-0.1, -0.05) is 24.3 Å². The number of amides is 1. The molecule has 2 aliphatic heterocycles. The molecule has 0 radical (unpaired) electrons. The van der Waals surface area contributed by atoms with Gasteiger partial charge in [-0.15, -0.1) is 0 Å². The summed E-state index contributed by atoms with van der Waals surface area (Å²) in [5, 5.41) is 0. The summed E-state index contributed by atoms with van der Waals surface area (Å²) in [5.74, 6) is 1.83. The summed E-state index contributed by atoms with van der Waals surface area (Å²) in [6, 6.07) is 9.44. The average Bonchev–Trinajstić information content (AvgIpc) is 3.12. The second kappa shape index (κ2) is 8.10. The molecule has 4 heteroatoms. The molecule has 0 N–H and O–H groups in total. The molecule has 0 atom stereocenters. The van der Waals surface area contributed by atoms with Crippen molar-refractivity contribution in [3.8, 4) is 0 Å². The van der Waals surface area contributed by atoms with E-state index < -0.39 is 0 Å². The third kappa shape index (κ3) is 4.29. The van der Waals surface area contributed by atoms with E-state index in [2.05, 4.69) is 34.1 Å². The topological polar surface area (TPSA) is 26.8 Å². The molecule has 142 valence electrons. The minimum Gasteiger partial charge on any atom is -0.340 e. The van der Waals surface area contributed by atoms with Crippen molar-refractivity contribution in [3.05, 3.63) is 35.4 Å². The SMILES string of the molecule is CC(=O)N1CCN(C[C@H]2C[C@H](c3ccc(CN4CCCC4)cc3)C2)CC1. The lowest BCUT2D eigenvalue weighted by atomic mass is 9.71. The Labute approximate surface area is 158 Å². The van der Waals surface area contributed by atoms with Crippen LogP contribution in [0.25, 0.3) is 0 Å². The molecule has 26 heavy (non-hydrogen) atoms. The average molecular weight is 356 g/mol. The second-order valence-corrected chi connectivity index (χ2v) is 8.57. The zero-order valence-electron chi connectivity index (χ0n) is 16.2. The maximum atomic E-state index is 11.4. The molecular formula is C22H33N3O. The maximum Gasteiger partial charge on any atom is 0.219 e. The van der Waals surface area contributed by atoms with Gasteiger partial charge in [-0.25, -0.2) is 0 Å². The Morgan fingerprint density at radius 1 is 0.923 bits per heavy atom. The monoisotopic (exact) mass is 355 g/mol. The van der Waals surface area contributed by atoms with Gasteiger partial charge in [0.15, 0.2) is 0 Å². The van der Waals surface area contributed by atoms with Crippen LogP contribution in [0.4, 0.5) is 0 Å². The molecule has 0 bridgehead atoms. The fourth-order valence-electron chi connectivity index (χ4n) is 4.86. The molecule has 0 spiro atoms. The number of carbonyl (C=O) groups excluding carboxylic acids is 1. The van der Waals surface area contributed by atoms with Crippen LogP contribution in [0.1, 0.15) is 49.7 Å². The largest absolute Gasteiger partial charge is 0.340 e. The first kappa shape index (κ1) is 18.0. The zero-order chi connectivity index (χ0) is 17.9. The van der Waals surface area contributed by atoms with Gasteiger partial charge in [0.25, 0.3) is 0 Å². The predicted octanol–water partition coefficient (Wildman–Crippen LogP) is 2.94. The fraction of sp³-hybridized carbons (Fsp3) is 0.682. The molecule has 4 nitrogen and oxygen atoms in total. The standard InChI is InChI=1S/C22H33N3O/c1-18(26)25-12-10-24(11-13-25)17-20-14-22(15-20)21-6-4-19(5-7-21)16-23-8-2-3-9-23/h4-7,20,22H,2-3,8-17H2,1H3/t20-,22-. The summed E-state index contributed by atoms with van der Waals surface area (Å²) >= 11 is 0. The first-order chi connectivity index (χ1) is 12.7. The number of hydrogen-bond donors (Lipinski definition) is 0. The molecule has 3 aliphatic rings. The Balaban J connectivity index is 1.19. The molecule has 1 amide bonds. The van der Waals surface area contributed by atoms with Gasteiger partial charge in [-0.05, 0) is 61.7 Å². The van der Waals surface area contributed by atoms with Crippen LogP contribution in [0.3, 0.4) is 0 Å². The highest BCUT2D eigenvalue weighted by molar-refractivity contribution is 5.73. The van der Waals surface area contributed by atoms with E-state index in [4.69, 9.17) is 0 Å². The summed E-state index contributed by atoms with van der Waals surface area (Å²) in [6.45, 7) is 10.5. The summed E-state index contributed by atoms with van der Waals surface area (Å²) in [4.78, 5) is 18.5. The van der Waals surface area contributed by atoms with Gasteiger partial charge >= 0.3 is 0 Å². The zero-order valence-corrected chi connectivity index (χ0v) is 16.2. The van der Waals surface area contributed by atoms with E-state index in [1.165, 1.54) is 56.4 Å². The Morgan fingerprint density at radius 3 is 2.19 bits per heavy atom. The first-order valence-electron chi connectivity index (χ1n) is 10.5. The van der Waals surface area contributed by atoms with Crippen molar-refractivity contribution in [1.82, 2.24) is 14.7 Å². The van der Waals surface area contributed by atoms with Crippen LogP contribution in [-0.4, -0.2) is 66.4 Å². The number of carbonyl (C=O) groups is 1. The third-order valence-corrected chi connectivity index (χ3v) is 6.63.